The van der Waals surface area contributed by atoms with Crippen LogP contribution in [0.5, 0.6) is 0 Å². The number of pyridine rings is 3. The number of hydrogen-bond acceptors (Lipinski definition) is 4. The molecule has 0 N–H and O–H groups in total. The van der Waals surface area contributed by atoms with Crippen molar-refractivity contribution in [3.05, 3.63) is 113 Å². The number of furan rings is 1. The molecule has 211 valence electrons. The Bertz CT molecular complexity index is 2300. The minimum absolute atomic E-state index is 0. The number of rotatable bonds is 3. The predicted molar refractivity (Wildman–Crippen MR) is 164 cm³/mol. The summed E-state index contributed by atoms with van der Waals surface area (Å²) in [7, 11) is 0. The zero-order valence-corrected chi connectivity index (χ0v) is 24.9. The van der Waals surface area contributed by atoms with Gasteiger partial charge < -0.3 is 14.4 Å². The van der Waals surface area contributed by atoms with E-state index in [2.05, 4.69) is 27.1 Å². The van der Waals surface area contributed by atoms with Crippen LogP contribution in [0.4, 0.5) is 0 Å². The summed E-state index contributed by atoms with van der Waals surface area (Å²) in [6.45, 7) is -4.79. The van der Waals surface area contributed by atoms with Gasteiger partial charge in [0.05, 0.1) is 5.58 Å². The third-order valence-corrected chi connectivity index (χ3v) is 5.83. The summed E-state index contributed by atoms with van der Waals surface area (Å²) in [5, 5.41) is 0.643. The Balaban J connectivity index is 0.000000274. The smallest absolute Gasteiger partial charge is 0.216 e. The minimum atomic E-state index is -2.61. The Kier molecular flexibility index (Phi) is 5.08. The van der Waals surface area contributed by atoms with Gasteiger partial charge in [-0.05, 0) is 73.8 Å². The molecule has 0 atom stereocenters. The number of benzene rings is 2. The van der Waals surface area contributed by atoms with E-state index in [4.69, 9.17) is 23.6 Å². The second kappa shape index (κ2) is 12.5. The molecule has 0 aliphatic rings. The fraction of sp³-hybridized carbons (Fsp3) is 0.250. The topological polar surface area (TPSA) is 51.8 Å². The van der Waals surface area contributed by atoms with Gasteiger partial charge >= 0.3 is 0 Å². The van der Waals surface area contributed by atoms with Crippen molar-refractivity contribution < 1.29 is 43.7 Å². The number of hydrogen-bond donors (Lipinski definition) is 0. The monoisotopic (exact) mass is 732 g/mol. The summed E-state index contributed by atoms with van der Waals surface area (Å²) in [5.41, 5.74) is 0.741. The minimum Gasteiger partial charge on any atom is -0.486 e. The molecule has 6 rings (SSSR count). The van der Waals surface area contributed by atoms with Gasteiger partial charge in [-0.15, -0.1) is 54.1 Å². The fourth-order valence-electron chi connectivity index (χ4n) is 4.16. The predicted octanol–water partition coefficient (Wildman–Crippen LogP) is 9.21. The van der Waals surface area contributed by atoms with E-state index in [1.54, 1.807) is 48.5 Å². The van der Waals surface area contributed by atoms with Gasteiger partial charge in [-0.3, -0.25) is 0 Å². The maximum atomic E-state index is 8.59. The van der Waals surface area contributed by atoms with Gasteiger partial charge in [-0.25, -0.2) is 4.98 Å². The second-order valence-corrected chi connectivity index (χ2v) is 10.1. The van der Waals surface area contributed by atoms with E-state index in [9.17, 15) is 0 Å². The van der Waals surface area contributed by atoms with Crippen LogP contribution in [0.2, 0.25) is 0 Å². The molecule has 4 aromatic heterocycles. The molecule has 4 heterocycles. The zero-order chi connectivity index (χ0) is 40.2. The van der Waals surface area contributed by atoms with Gasteiger partial charge in [0.15, 0.2) is 0 Å². The third kappa shape index (κ3) is 6.98. The van der Waals surface area contributed by atoms with Crippen LogP contribution in [-0.2, 0) is 26.5 Å². The van der Waals surface area contributed by atoms with Crippen molar-refractivity contribution in [3.63, 3.8) is 0 Å². The Hall–Kier alpha value is -3.66. The summed E-state index contributed by atoms with van der Waals surface area (Å²) >= 11 is 0. The standard InChI is InChI=1S/C23H23N2O.C13H12N.Ir/c1-14-11-15(2)25-22-20(14)18-8-6-7-17(21(18)26-22)19-12-16(9-10-24-19)13-23(3,4)5;1-10-8-13(14-9-11(10)2)12-6-4-3-5-7-12;/h6,8-12H,13H2,1-5H3;3-6,8-9H,1-2H3;/q2*-1;/i1D3,2D3,13D2;1D3,2D3;. The van der Waals surface area contributed by atoms with Crippen LogP contribution in [0.1, 0.15) is 67.9 Å². The normalized spacial score (nSPS) is 17.8. The second-order valence-electron chi connectivity index (χ2n) is 10.1. The molecule has 0 aliphatic carbocycles. The third-order valence-electron chi connectivity index (χ3n) is 5.83. The molecule has 0 aliphatic heterocycles. The van der Waals surface area contributed by atoms with Crippen molar-refractivity contribution in [2.24, 2.45) is 5.41 Å². The molecule has 4 nitrogen and oxygen atoms in total. The van der Waals surface area contributed by atoms with E-state index in [-0.39, 0.29) is 59.2 Å². The first-order chi connectivity index (χ1) is 24.7. The van der Waals surface area contributed by atoms with Crippen molar-refractivity contribution >= 4 is 22.1 Å². The van der Waals surface area contributed by atoms with Crippen molar-refractivity contribution in [1.82, 2.24) is 15.0 Å². The van der Waals surface area contributed by atoms with Gasteiger partial charge in [-0.2, -0.15) is 0 Å². The zero-order valence-electron chi connectivity index (χ0n) is 36.5. The summed E-state index contributed by atoms with van der Waals surface area (Å²) in [6.07, 6.45) is 0.963. The number of aromatic nitrogens is 3. The molecule has 0 saturated carbocycles. The maximum absolute atomic E-state index is 8.59. The first-order valence-electron chi connectivity index (χ1n) is 19.4. The molecule has 41 heavy (non-hydrogen) atoms. The molecule has 0 fully saturated rings. The largest absolute Gasteiger partial charge is 0.486 e. The van der Waals surface area contributed by atoms with Gasteiger partial charge in [0.1, 0.15) is 0 Å². The van der Waals surface area contributed by atoms with Crippen molar-refractivity contribution in [3.8, 4) is 22.5 Å². The van der Waals surface area contributed by atoms with Gasteiger partial charge in [0.2, 0.25) is 5.71 Å². The summed E-state index contributed by atoms with van der Waals surface area (Å²) in [4.78, 5) is 12.5. The molecule has 6 aromatic rings. The van der Waals surface area contributed by atoms with Crippen LogP contribution in [0.3, 0.4) is 0 Å². The number of aryl methyl sites for hydroxylation is 4. The van der Waals surface area contributed by atoms with Gasteiger partial charge in [0.25, 0.3) is 0 Å². The summed E-state index contributed by atoms with van der Waals surface area (Å²) in [6, 6.07) is 21.8. The molecule has 0 amide bonds. The van der Waals surface area contributed by atoms with E-state index < -0.39 is 39.2 Å². The molecule has 2 aromatic carbocycles. The average Bonchev–Trinajstić information content (AvgIpc) is 3.45. The summed E-state index contributed by atoms with van der Waals surface area (Å²) in [5.74, 6) is 0. The number of fused-ring (bicyclic) bond motifs is 3. The van der Waals surface area contributed by atoms with E-state index in [0.29, 0.717) is 33.5 Å². The molecule has 0 bridgehead atoms. The Morgan fingerprint density at radius 2 is 1.73 bits per heavy atom. The van der Waals surface area contributed by atoms with Crippen LogP contribution in [0.15, 0.2) is 77.5 Å². The Labute approximate surface area is 276 Å². The molecular weight excluding hydrogens is 683 g/mol. The van der Waals surface area contributed by atoms with Crippen LogP contribution < -0.4 is 0 Å². The van der Waals surface area contributed by atoms with E-state index in [1.807, 2.05) is 20.8 Å². The van der Waals surface area contributed by atoms with Gasteiger partial charge in [-0.1, -0.05) is 55.0 Å². The molecular formula is C36H35IrN3O-2. The maximum Gasteiger partial charge on any atom is 0.216 e. The fourth-order valence-corrected chi connectivity index (χ4v) is 4.16. The van der Waals surface area contributed by atoms with Crippen molar-refractivity contribution in [2.75, 3.05) is 0 Å². The van der Waals surface area contributed by atoms with Crippen LogP contribution in [0.25, 0.3) is 44.6 Å². The van der Waals surface area contributed by atoms with Crippen LogP contribution in [-0.4, -0.2) is 15.0 Å². The Morgan fingerprint density at radius 3 is 2.46 bits per heavy atom. The van der Waals surface area contributed by atoms with E-state index >= 15 is 0 Å². The Morgan fingerprint density at radius 1 is 0.878 bits per heavy atom. The molecule has 5 heteroatoms. The molecule has 1 radical (unpaired) electrons. The van der Waals surface area contributed by atoms with Crippen LogP contribution in [0, 0.1) is 45.0 Å². The molecule has 0 saturated heterocycles. The summed E-state index contributed by atoms with van der Waals surface area (Å²) < 4.78 is 115. The van der Waals surface area contributed by atoms with E-state index in [1.165, 1.54) is 12.3 Å². The average molecular weight is 732 g/mol. The molecule has 0 unspecified atom stereocenters. The molecule has 0 spiro atoms. The first-order valence-corrected chi connectivity index (χ1v) is 12.4. The van der Waals surface area contributed by atoms with Crippen molar-refractivity contribution in [2.45, 2.75) is 54.6 Å². The van der Waals surface area contributed by atoms with E-state index in [0.717, 1.165) is 12.3 Å². The van der Waals surface area contributed by atoms with Crippen LogP contribution >= 0.6 is 0 Å². The van der Waals surface area contributed by atoms with Gasteiger partial charge in [0, 0.05) is 62.8 Å². The first kappa shape index (κ1) is 16.7. The SMILES string of the molecule is [2H]C([2H])([2H])c1cc(C([2H])([2H])[2H])c2c(n1)oc1c(-c3cc(C([2H])([2H])C(C)(C)C)ccn3)[c-]ccc12.[2H]C([2H])([2H])c1cnc(-c2[c-]cccc2)cc1C([2H])([2H])[2H].[Ir]. The number of nitrogens with zero attached hydrogens (tertiary/aromatic N) is 3. The quantitative estimate of drug-likeness (QED) is 0.171. The van der Waals surface area contributed by atoms with Crippen molar-refractivity contribution in [1.29, 1.82) is 0 Å².